The van der Waals surface area contributed by atoms with Gasteiger partial charge in [0.25, 0.3) is 10.2 Å². The van der Waals surface area contributed by atoms with E-state index in [1.807, 2.05) is 12.1 Å². The van der Waals surface area contributed by atoms with Crippen molar-refractivity contribution in [2.45, 2.75) is 51.7 Å². The molecule has 0 N–H and O–H groups in total. The third-order valence-corrected chi connectivity index (χ3v) is 7.56. The molecule has 41 heavy (non-hydrogen) atoms. The zero-order valence-electron chi connectivity index (χ0n) is 22.8. The first-order valence-corrected chi connectivity index (χ1v) is 15.5. The van der Waals surface area contributed by atoms with Gasteiger partial charge in [-0.1, -0.05) is 38.1 Å². The number of rotatable bonds is 19. The van der Waals surface area contributed by atoms with Crippen LogP contribution in [0.4, 0.5) is 0 Å². The zero-order valence-corrected chi connectivity index (χ0v) is 24.4. The third kappa shape index (κ3) is 15.6. The monoisotopic (exact) mass is 624 g/mol. The van der Waals surface area contributed by atoms with Gasteiger partial charge in [-0.15, -0.1) is 20.2 Å². The van der Waals surface area contributed by atoms with Gasteiger partial charge in [0.15, 0.2) is 8.87 Å². The van der Waals surface area contributed by atoms with Crippen molar-refractivity contribution in [3.63, 3.8) is 0 Å². The average Bonchev–Trinajstić information content (AvgIpc) is 2.86. The highest BCUT2D eigenvalue weighted by Crippen LogP contribution is 2.20. The number of carbonyl (C=O) groups excluding carboxylic acids is 3. The molecule has 0 aliphatic rings. The Morgan fingerprint density at radius 2 is 1.59 bits per heavy atom. The average molecular weight is 625 g/mol. The molecule has 230 valence electrons. The minimum Gasteiger partial charge on any atom is -0.462 e. The Morgan fingerprint density at radius 1 is 0.951 bits per heavy atom. The summed E-state index contributed by atoms with van der Waals surface area (Å²) < 4.78 is 37.6. The van der Waals surface area contributed by atoms with E-state index in [0.29, 0.717) is 22.3 Å². The summed E-state index contributed by atoms with van der Waals surface area (Å²) in [4.78, 5) is 66.8. The predicted octanol–water partition coefficient (Wildman–Crippen LogP) is 1.85. The second-order valence-electron chi connectivity index (χ2n) is 9.04. The fourth-order valence-corrected chi connectivity index (χ4v) is 4.74. The highest BCUT2D eigenvalue weighted by Gasteiger charge is 2.30. The van der Waals surface area contributed by atoms with E-state index < -0.39 is 74.7 Å². The number of carbonyl (C=O) groups is 3. The molecule has 0 bridgehead atoms. The molecule has 0 amide bonds. The maximum atomic E-state index is 12.8. The van der Waals surface area contributed by atoms with E-state index in [1.165, 1.54) is 6.92 Å². The van der Waals surface area contributed by atoms with Crippen molar-refractivity contribution in [2.75, 3.05) is 31.8 Å². The molecule has 1 aromatic rings. The van der Waals surface area contributed by atoms with Crippen LogP contribution in [0.25, 0.3) is 0 Å². The van der Waals surface area contributed by atoms with Crippen LogP contribution < -0.4 is 0 Å². The number of benzene rings is 1. The molecule has 0 aliphatic carbocycles. The second kappa shape index (κ2) is 17.2. The minimum absolute atomic E-state index is 0.124. The van der Waals surface area contributed by atoms with Crippen LogP contribution in [0.15, 0.2) is 24.3 Å². The number of nitrogens with zero attached hydrogens (tertiary/aromatic N) is 2. The molecule has 18 heteroatoms. The van der Waals surface area contributed by atoms with Crippen LogP contribution in [-0.4, -0.2) is 80.5 Å². The van der Waals surface area contributed by atoms with E-state index >= 15 is 0 Å². The Kier molecular flexibility index (Phi) is 14.8. The van der Waals surface area contributed by atoms with Crippen LogP contribution in [0.3, 0.4) is 0 Å². The number of hydrogen-bond acceptors (Lipinski definition) is 15. The highest BCUT2D eigenvalue weighted by molar-refractivity contribution is 8.71. The topological polar surface area (TPSA) is 218 Å². The molecule has 1 rings (SSSR count). The summed E-state index contributed by atoms with van der Waals surface area (Å²) in [6.07, 6.45) is -2.56. The van der Waals surface area contributed by atoms with E-state index in [1.54, 1.807) is 12.1 Å². The maximum absolute atomic E-state index is 12.8. The zero-order chi connectivity index (χ0) is 31.2. The molecular formula is C23H32N2O14S2. The largest absolute Gasteiger partial charge is 0.462 e. The smallest absolute Gasteiger partial charge is 0.351 e. The molecule has 0 fully saturated rings. The molecule has 16 nitrogen and oxygen atoms in total. The first-order chi connectivity index (χ1) is 19.1. The van der Waals surface area contributed by atoms with Gasteiger partial charge in [0.05, 0.1) is 12.3 Å². The number of esters is 3. The molecule has 0 heterocycles. The summed E-state index contributed by atoms with van der Waals surface area (Å²) in [6.45, 7) is 3.46. The molecule has 3 unspecified atom stereocenters. The first-order valence-electron chi connectivity index (χ1n) is 12.1. The van der Waals surface area contributed by atoms with E-state index in [-0.39, 0.29) is 12.4 Å². The molecule has 0 spiro atoms. The minimum atomic E-state index is -3.41. The van der Waals surface area contributed by atoms with Crippen LogP contribution in [0.5, 0.6) is 0 Å². The van der Waals surface area contributed by atoms with Gasteiger partial charge in [-0.2, -0.15) is 0 Å². The van der Waals surface area contributed by atoms with Crippen LogP contribution >= 0.6 is 10.8 Å². The van der Waals surface area contributed by atoms with Gasteiger partial charge in [0, 0.05) is 12.0 Å². The Labute approximate surface area is 239 Å². The second-order valence-corrected chi connectivity index (χ2v) is 13.6. The van der Waals surface area contributed by atoms with Gasteiger partial charge in [0.1, 0.15) is 25.9 Å². The summed E-state index contributed by atoms with van der Waals surface area (Å²) in [5.74, 6) is -3.74. The highest BCUT2D eigenvalue weighted by atomic mass is 33.1. The quantitative estimate of drug-likeness (QED) is 0.0535. The Bertz CT molecular complexity index is 1160. The van der Waals surface area contributed by atoms with Crippen LogP contribution in [0.1, 0.15) is 44.2 Å². The van der Waals surface area contributed by atoms with E-state index in [4.69, 9.17) is 14.2 Å². The van der Waals surface area contributed by atoms with Gasteiger partial charge >= 0.3 is 17.9 Å². The maximum Gasteiger partial charge on any atom is 0.351 e. The van der Waals surface area contributed by atoms with Gasteiger partial charge in [-0.25, -0.2) is 13.2 Å². The van der Waals surface area contributed by atoms with E-state index in [2.05, 4.69) is 23.5 Å². The van der Waals surface area contributed by atoms with E-state index in [9.17, 15) is 43.0 Å². The van der Waals surface area contributed by atoms with Crippen molar-refractivity contribution >= 4 is 37.6 Å². The van der Waals surface area contributed by atoms with E-state index in [0.717, 1.165) is 18.2 Å². The normalized spacial score (nSPS) is 13.4. The molecular weight excluding hydrogens is 592 g/mol. The summed E-state index contributed by atoms with van der Waals surface area (Å²) in [7, 11) is -2.89. The summed E-state index contributed by atoms with van der Waals surface area (Å²) in [5, 5.41) is 18.4. The number of ether oxygens (including phenoxy) is 3. The molecule has 0 saturated carbocycles. The fourth-order valence-electron chi connectivity index (χ4n) is 3.17. The van der Waals surface area contributed by atoms with Crippen molar-refractivity contribution in [3.05, 3.63) is 55.6 Å². The molecule has 0 radical (unpaired) electrons. The van der Waals surface area contributed by atoms with Crippen LogP contribution in [-0.2, 0) is 53.6 Å². The Balaban J connectivity index is 2.91. The van der Waals surface area contributed by atoms with Gasteiger partial charge in [0.2, 0.25) is 6.10 Å². The van der Waals surface area contributed by atoms with Gasteiger partial charge < -0.3 is 23.9 Å². The van der Waals surface area contributed by atoms with Crippen molar-refractivity contribution < 1.29 is 56.9 Å². The van der Waals surface area contributed by atoms with Crippen LogP contribution in [0.2, 0.25) is 0 Å². The summed E-state index contributed by atoms with van der Waals surface area (Å²) >= 11 is 0. The van der Waals surface area contributed by atoms with Crippen molar-refractivity contribution in [2.24, 2.45) is 5.92 Å². The van der Waals surface area contributed by atoms with Crippen molar-refractivity contribution in [1.82, 2.24) is 0 Å². The first kappa shape index (κ1) is 35.4. The molecule has 0 aliphatic heterocycles. The molecule has 1 aromatic carbocycles. The molecule has 3 atom stereocenters. The lowest BCUT2D eigenvalue weighted by atomic mass is 9.97. The lowest BCUT2D eigenvalue weighted by molar-refractivity contribution is -0.789. The predicted molar refractivity (Wildman–Crippen MR) is 142 cm³/mol. The standard InChI is InChI=1S/C23H32N2O14S2/c1-15(2)11-17-5-7-18(8-6-17)16(3)22(27)38-20(23(28)35-9-10-40-41(4,33)34)14-36-21(26)12-19(39-25(31)32)13-37-24(29)30/h5-8,15-16,19-20H,9-14H2,1-4H3. The SMILES string of the molecule is CC(C)Cc1ccc(C(C)C(=O)OC(COC(=O)CC(CO[N+](=O)[O-])O[N+](=O)[O-])C(=O)OCCSS(C)(=O)=O)cc1. The Morgan fingerprint density at radius 3 is 2.12 bits per heavy atom. The van der Waals surface area contributed by atoms with Gasteiger partial charge in [-0.3, -0.25) is 9.59 Å². The molecule has 0 aromatic heterocycles. The number of hydrogen-bond donors (Lipinski definition) is 0. The lowest BCUT2D eigenvalue weighted by Crippen LogP contribution is -2.36. The van der Waals surface area contributed by atoms with Gasteiger partial charge in [-0.05, 0) is 41.2 Å². The fraction of sp³-hybridized carbons (Fsp3) is 0.609. The summed E-state index contributed by atoms with van der Waals surface area (Å²) in [5.41, 5.74) is 1.65. The third-order valence-electron chi connectivity index (χ3n) is 5.01. The summed E-state index contributed by atoms with van der Waals surface area (Å²) in [6, 6.07) is 7.19. The Hall–Kier alpha value is -3.67. The van der Waals surface area contributed by atoms with Crippen molar-refractivity contribution in [3.8, 4) is 0 Å². The van der Waals surface area contributed by atoms with Crippen molar-refractivity contribution in [1.29, 1.82) is 0 Å². The molecule has 0 saturated heterocycles. The lowest BCUT2D eigenvalue weighted by Gasteiger charge is -2.20. The van der Waals surface area contributed by atoms with Crippen LogP contribution in [0, 0.1) is 26.1 Å².